The molecule has 1 fully saturated rings. The molecule has 0 radical (unpaired) electrons. The Morgan fingerprint density at radius 1 is 1.07 bits per heavy atom. The average molecular weight is 382 g/mol. The van der Waals surface area contributed by atoms with Crippen molar-refractivity contribution in [1.82, 2.24) is 4.90 Å². The van der Waals surface area contributed by atoms with E-state index in [1.165, 1.54) is 17.3 Å². The van der Waals surface area contributed by atoms with Crippen molar-refractivity contribution in [2.45, 2.75) is 10.8 Å². The normalized spacial score (nSPS) is 22.0. The molecule has 0 aromatic heterocycles. The molecule has 0 unspecified atom stereocenters. The monoisotopic (exact) mass is 381 g/mol. The first-order chi connectivity index (χ1) is 13.2. The number of para-hydroxylation sites is 1. The average Bonchev–Trinajstić information content (AvgIpc) is 3.15. The first-order valence-corrected chi connectivity index (χ1v) is 10.2. The van der Waals surface area contributed by atoms with Crippen LogP contribution in [0.3, 0.4) is 0 Å². The number of hydrogen-bond acceptors (Lipinski definition) is 4. The van der Waals surface area contributed by atoms with Crippen LogP contribution >= 0.6 is 11.8 Å². The van der Waals surface area contributed by atoms with Crippen LogP contribution in [-0.4, -0.2) is 48.6 Å². The Morgan fingerprint density at radius 3 is 2.59 bits per heavy atom. The second-order valence-corrected chi connectivity index (χ2v) is 8.07. The predicted octanol–water partition coefficient (Wildman–Crippen LogP) is 2.33. The Hall–Kier alpha value is -2.31. The molecule has 0 aliphatic carbocycles. The predicted molar refractivity (Wildman–Crippen MR) is 108 cm³/mol. The van der Waals surface area contributed by atoms with Crippen LogP contribution in [0.2, 0.25) is 0 Å². The fourth-order valence-corrected chi connectivity index (χ4v) is 4.89. The van der Waals surface area contributed by atoms with Crippen molar-refractivity contribution in [3.05, 3.63) is 60.2 Å². The molecule has 5 nitrogen and oxygen atoms in total. The molecule has 2 heterocycles. The van der Waals surface area contributed by atoms with E-state index >= 15 is 0 Å². The highest BCUT2D eigenvalue weighted by molar-refractivity contribution is 8.00. The number of fused-ring (bicyclic) bond motifs is 1. The van der Waals surface area contributed by atoms with E-state index in [2.05, 4.69) is 12.1 Å². The van der Waals surface area contributed by atoms with Gasteiger partial charge in [-0.15, -0.1) is 11.8 Å². The van der Waals surface area contributed by atoms with Crippen LogP contribution < -0.4 is 10.6 Å². The molecule has 2 aromatic carbocycles. The molecular formula is C21H23N3O2S. The van der Waals surface area contributed by atoms with E-state index in [9.17, 15) is 9.59 Å². The number of amides is 2. The van der Waals surface area contributed by atoms with Crippen LogP contribution in [0.4, 0.5) is 5.69 Å². The van der Waals surface area contributed by atoms with Crippen molar-refractivity contribution >= 4 is 29.3 Å². The molecule has 140 valence electrons. The third-order valence-electron chi connectivity index (χ3n) is 5.43. The van der Waals surface area contributed by atoms with Crippen LogP contribution in [0.5, 0.6) is 0 Å². The molecule has 4 rings (SSSR count). The van der Waals surface area contributed by atoms with Crippen molar-refractivity contribution in [1.29, 1.82) is 0 Å². The second-order valence-electron chi connectivity index (χ2n) is 7.05. The van der Waals surface area contributed by atoms with Gasteiger partial charge in [0, 0.05) is 23.9 Å². The molecule has 2 aliphatic heterocycles. The van der Waals surface area contributed by atoms with Crippen molar-refractivity contribution < 1.29 is 9.59 Å². The van der Waals surface area contributed by atoms with Crippen LogP contribution in [0.25, 0.3) is 0 Å². The summed E-state index contributed by atoms with van der Waals surface area (Å²) in [7, 11) is 0. The zero-order valence-electron chi connectivity index (χ0n) is 15.1. The summed E-state index contributed by atoms with van der Waals surface area (Å²) in [5, 5.41) is 0. The van der Waals surface area contributed by atoms with Crippen LogP contribution in [-0.2, 0) is 9.59 Å². The van der Waals surface area contributed by atoms with Gasteiger partial charge in [-0.25, -0.2) is 0 Å². The molecule has 2 N–H and O–H groups in total. The molecule has 2 atom stereocenters. The van der Waals surface area contributed by atoms with E-state index in [1.807, 2.05) is 47.4 Å². The maximum Gasteiger partial charge on any atom is 0.242 e. The van der Waals surface area contributed by atoms with Crippen LogP contribution in [0.15, 0.2) is 59.5 Å². The van der Waals surface area contributed by atoms with Gasteiger partial charge >= 0.3 is 0 Å². The summed E-state index contributed by atoms with van der Waals surface area (Å²) >= 11 is 1.53. The zero-order valence-corrected chi connectivity index (χ0v) is 15.9. The van der Waals surface area contributed by atoms with Gasteiger partial charge in [-0.05, 0) is 30.2 Å². The highest BCUT2D eigenvalue weighted by Crippen LogP contribution is 2.36. The van der Waals surface area contributed by atoms with Crippen LogP contribution in [0.1, 0.15) is 11.5 Å². The maximum absolute atomic E-state index is 13.0. The lowest BCUT2D eigenvalue weighted by molar-refractivity contribution is -0.130. The number of carbonyl (C=O) groups excluding carboxylic acids is 2. The fraction of sp³-hybridized carbons (Fsp3) is 0.333. The number of nitrogens with two attached hydrogens (primary N) is 1. The SMILES string of the molecule is NC[C@@H]1CN(C(=O)CN2C(=O)CSc3ccccc32)C[C@H]1c1ccccc1. The summed E-state index contributed by atoms with van der Waals surface area (Å²) in [4.78, 5) is 30.0. The summed E-state index contributed by atoms with van der Waals surface area (Å²) in [6.07, 6.45) is 0. The highest BCUT2D eigenvalue weighted by atomic mass is 32.2. The van der Waals surface area contributed by atoms with Gasteiger partial charge in [0.25, 0.3) is 0 Å². The Bertz CT molecular complexity index is 842. The lowest BCUT2D eigenvalue weighted by Crippen LogP contribution is -2.44. The van der Waals surface area contributed by atoms with Gasteiger partial charge in [-0.3, -0.25) is 9.59 Å². The minimum atomic E-state index is -0.0127. The number of rotatable bonds is 4. The van der Waals surface area contributed by atoms with E-state index in [4.69, 9.17) is 5.73 Å². The van der Waals surface area contributed by atoms with E-state index in [1.54, 1.807) is 4.90 Å². The Kier molecular flexibility index (Phi) is 5.18. The zero-order chi connectivity index (χ0) is 18.8. The molecule has 2 aliphatic rings. The molecule has 0 saturated carbocycles. The van der Waals surface area contributed by atoms with Gasteiger partial charge in [0.2, 0.25) is 11.8 Å². The minimum Gasteiger partial charge on any atom is -0.340 e. The van der Waals surface area contributed by atoms with E-state index in [0.717, 1.165) is 10.6 Å². The molecule has 1 saturated heterocycles. The lowest BCUT2D eigenvalue weighted by atomic mass is 9.89. The van der Waals surface area contributed by atoms with Crippen LogP contribution in [0, 0.1) is 5.92 Å². The summed E-state index contributed by atoms with van der Waals surface area (Å²) in [6, 6.07) is 18.0. The van der Waals surface area contributed by atoms with E-state index in [-0.39, 0.29) is 30.2 Å². The molecule has 2 amide bonds. The Morgan fingerprint density at radius 2 is 1.81 bits per heavy atom. The highest BCUT2D eigenvalue weighted by Gasteiger charge is 2.36. The van der Waals surface area contributed by atoms with Gasteiger partial charge in [0.05, 0.1) is 11.4 Å². The lowest BCUT2D eigenvalue weighted by Gasteiger charge is -2.30. The largest absolute Gasteiger partial charge is 0.340 e. The molecular weight excluding hydrogens is 358 g/mol. The van der Waals surface area contributed by atoms with Crippen molar-refractivity contribution in [2.75, 3.05) is 36.8 Å². The number of nitrogens with zero attached hydrogens (tertiary/aromatic N) is 2. The summed E-state index contributed by atoms with van der Waals surface area (Å²) in [6.45, 7) is 1.94. The molecule has 0 bridgehead atoms. The Labute approximate surface area is 163 Å². The summed E-state index contributed by atoms with van der Waals surface area (Å²) < 4.78 is 0. The molecule has 2 aromatic rings. The number of likely N-dealkylation sites (tertiary alicyclic amines) is 1. The minimum absolute atomic E-state index is 0.0121. The fourth-order valence-electron chi connectivity index (χ4n) is 3.95. The van der Waals surface area contributed by atoms with Crippen molar-refractivity contribution in [3.63, 3.8) is 0 Å². The van der Waals surface area contributed by atoms with Gasteiger partial charge in [-0.1, -0.05) is 42.5 Å². The van der Waals surface area contributed by atoms with Gasteiger partial charge < -0.3 is 15.5 Å². The smallest absolute Gasteiger partial charge is 0.242 e. The van der Waals surface area contributed by atoms with Crippen molar-refractivity contribution in [3.8, 4) is 0 Å². The number of anilines is 1. The quantitative estimate of drug-likeness (QED) is 0.883. The van der Waals surface area contributed by atoms with E-state index < -0.39 is 0 Å². The van der Waals surface area contributed by atoms with Gasteiger partial charge in [0.15, 0.2) is 0 Å². The third-order valence-corrected chi connectivity index (χ3v) is 6.47. The molecule has 0 spiro atoms. The first-order valence-electron chi connectivity index (χ1n) is 9.22. The standard InChI is InChI=1S/C21H23N3O2S/c22-10-16-11-23(12-17(16)15-6-2-1-3-7-15)20(25)13-24-18-8-4-5-9-19(18)27-14-21(24)26/h1-9,16-17H,10-14,22H2/t16-,17+/m1/s1. The second kappa shape index (κ2) is 7.74. The van der Waals surface area contributed by atoms with Gasteiger partial charge in [0.1, 0.15) is 6.54 Å². The first kappa shape index (κ1) is 18.1. The number of carbonyl (C=O) groups is 2. The summed E-state index contributed by atoms with van der Waals surface area (Å²) in [5.74, 6) is 0.849. The number of benzene rings is 2. The van der Waals surface area contributed by atoms with Gasteiger partial charge in [-0.2, -0.15) is 0 Å². The van der Waals surface area contributed by atoms with E-state index in [0.29, 0.717) is 25.4 Å². The maximum atomic E-state index is 13.0. The van der Waals surface area contributed by atoms with Crippen molar-refractivity contribution in [2.24, 2.45) is 11.7 Å². The third kappa shape index (κ3) is 3.59. The number of hydrogen-bond donors (Lipinski definition) is 1. The Balaban J connectivity index is 1.50. The number of thioether (sulfide) groups is 1. The topological polar surface area (TPSA) is 66.6 Å². The molecule has 27 heavy (non-hydrogen) atoms. The molecule has 6 heteroatoms. The summed E-state index contributed by atoms with van der Waals surface area (Å²) in [5.41, 5.74) is 8.04.